The van der Waals surface area contributed by atoms with Gasteiger partial charge in [-0.1, -0.05) is 57.5 Å². The van der Waals surface area contributed by atoms with Crippen LogP contribution in [-0.4, -0.2) is 18.5 Å². The van der Waals surface area contributed by atoms with Gasteiger partial charge in [-0.15, -0.1) is 0 Å². The molecule has 0 heterocycles. The Balaban J connectivity index is 2.76. The summed E-state index contributed by atoms with van der Waals surface area (Å²) in [5, 5.41) is 3.04. The van der Waals surface area contributed by atoms with Crippen LogP contribution in [0.3, 0.4) is 0 Å². The molecule has 0 radical (unpaired) electrons. The molecule has 0 aliphatic carbocycles. The molecular formula is C17H28N2O. The third kappa shape index (κ3) is 4.07. The highest BCUT2D eigenvalue weighted by molar-refractivity contribution is 5.81. The van der Waals surface area contributed by atoms with Crippen molar-refractivity contribution in [3.63, 3.8) is 0 Å². The first kappa shape index (κ1) is 16.7. The van der Waals surface area contributed by atoms with Crippen LogP contribution in [0, 0.1) is 0 Å². The Morgan fingerprint density at radius 1 is 1.20 bits per heavy atom. The molecule has 0 fully saturated rings. The number of hydrogen-bond acceptors (Lipinski definition) is 2. The molecular weight excluding hydrogens is 248 g/mol. The first-order valence-electron chi connectivity index (χ1n) is 7.68. The number of hydrogen-bond donors (Lipinski definition) is 2. The molecule has 1 atom stereocenters. The predicted molar refractivity (Wildman–Crippen MR) is 84.6 cm³/mol. The Morgan fingerprint density at radius 3 is 2.30 bits per heavy atom. The van der Waals surface area contributed by atoms with Crippen molar-refractivity contribution in [1.82, 2.24) is 5.32 Å². The fraction of sp³-hybridized carbons (Fsp3) is 0.588. The average Bonchev–Trinajstić information content (AvgIpc) is 2.50. The summed E-state index contributed by atoms with van der Waals surface area (Å²) in [6, 6.07) is 10.0. The summed E-state index contributed by atoms with van der Waals surface area (Å²) >= 11 is 0. The summed E-state index contributed by atoms with van der Waals surface area (Å²) in [5.41, 5.74) is 7.16. The third-order valence-corrected chi connectivity index (χ3v) is 4.28. The van der Waals surface area contributed by atoms with E-state index in [1.54, 1.807) is 0 Å². The van der Waals surface area contributed by atoms with Crippen LogP contribution < -0.4 is 11.1 Å². The van der Waals surface area contributed by atoms with Gasteiger partial charge in [0.15, 0.2) is 0 Å². The summed E-state index contributed by atoms with van der Waals surface area (Å²) in [7, 11) is 0. The molecule has 1 amide bonds. The van der Waals surface area contributed by atoms with E-state index >= 15 is 0 Å². The summed E-state index contributed by atoms with van der Waals surface area (Å²) in [5.74, 6) is -0.0333. The van der Waals surface area contributed by atoms with E-state index in [1.165, 1.54) is 5.56 Å². The van der Waals surface area contributed by atoms with Gasteiger partial charge in [0.2, 0.25) is 5.91 Å². The highest BCUT2D eigenvalue weighted by atomic mass is 16.2. The minimum atomic E-state index is -0.387. The van der Waals surface area contributed by atoms with Crippen LogP contribution in [0.15, 0.2) is 30.3 Å². The SMILES string of the molecule is CCCC(N)C(=O)NCC(CC)(CC)c1ccccc1. The van der Waals surface area contributed by atoms with Crippen molar-refractivity contribution in [2.75, 3.05) is 6.54 Å². The molecule has 1 unspecified atom stereocenters. The van der Waals surface area contributed by atoms with Gasteiger partial charge >= 0.3 is 0 Å². The van der Waals surface area contributed by atoms with Gasteiger partial charge in [0.25, 0.3) is 0 Å². The lowest BCUT2D eigenvalue weighted by Gasteiger charge is -2.33. The van der Waals surface area contributed by atoms with Crippen LogP contribution in [0.1, 0.15) is 52.0 Å². The molecule has 0 aliphatic rings. The zero-order valence-electron chi connectivity index (χ0n) is 13.0. The van der Waals surface area contributed by atoms with Crippen molar-refractivity contribution in [2.45, 2.75) is 57.9 Å². The van der Waals surface area contributed by atoms with Crippen LogP contribution in [0.4, 0.5) is 0 Å². The van der Waals surface area contributed by atoms with Crippen molar-refractivity contribution >= 4 is 5.91 Å². The van der Waals surface area contributed by atoms with Gasteiger partial charge < -0.3 is 11.1 Å². The first-order chi connectivity index (χ1) is 9.59. The zero-order chi connectivity index (χ0) is 15.0. The Hall–Kier alpha value is -1.35. The van der Waals surface area contributed by atoms with E-state index in [1.807, 2.05) is 13.0 Å². The molecule has 0 aromatic heterocycles. The van der Waals surface area contributed by atoms with Gasteiger partial charge in [-0.05, 0) is 24.8 Å². The fourth-order valence-corrected chi connectivity index (χ4v) is 2.63. The number of amides is 1. The maximum atomic E-state index is 12.0. The van der Waals surface area contributed by atoms with E-state index in [0.717, 1.165) is 25.7 Å². The Kier molecular flexibility index (Phi) is 6.73. The van der Waals surface area contributed by atoms with Crippen LogP contribution in [0.5, 0.6) is 0 Å². The van der Waals surface area contributed by atoms with Gasteiger partial charge in [0.1, 0.15) is 0 Å². The number of nitrogens with two attached hydrogens (primary N) is 1. The third-order valence-electron chi connectivity index (χ3n) is 4.28. The lowest BCUT2D eigenvalue weighted by atomic mass is 9.75. The number of carbonyl (C=O) groups is 1. The number of carbonyl (C=O) groups excluding carboxylic acids is 1. The van der Waals surface area contributed by atoms with Gasteiger partial charge in [-0.2, -0.15) is 0 Å². The normalized spacial score (nSPS) is 13.0. The summed E-state index contributed by atoms with van der Waals surface area (Å²) in [4.78, 5) is 12.0. The minimum Gasteiger partial charge on any atom is -0.354 e. The van der Waals surface area contributed by atoms with Gasteiger partial charge in [0, 0.05) is 12.0 Å². The molecule has 0 aliphatic heterocycles. The van der Waals surface area contributed by atoms with Gasteiger partial charge in [0.05, 0.1) is 6.04 Å². The van der Waals surface area contributed by atoms with E-state index < -0.39 is 0 Å². The molecule has 20 heavy (non-hydrogen) atoms. The van der Waals surface area contributed by atoms with Gasteiger partial charge in [-0.3, -0.25) is 4.79 Å². The first-order valence-corrected chi connectivity index (χ1v) is 7.68. The second-order valence-corrected chi connectivity index (χ2v) is 5.47. The fourth-order valence-electron chi connectivity index (χ4n) is 2.63. The summed E-state index contributed by atoms with van der Waals surface area (Å²) < 4.78 is 0. The van der Waals surface area contributed by atoms with Crippen molar-refractivity contribution < 1.29 is 4.79 Å². The molecule has 1 aromatic carbocycles. The molecule has 3 nitrogen and oxygen atoms in total. The maximum Gasteiger partial charge on any atom is 0.236 e. The average molecular weight is 276 g/mol. The second-order valence-electron chi connectivity index (χ2n) is 5.47. The predicted octanol–water partition coefficient (Wildman–Crippen LogP) is 2.99. The maximum absolute atomic E-state index is 12.0. The highest BCUT2D eigenvalue weighted by Gasteiger charge is 2.29. The monoisotopic (exact) mass is 276 g/mol. The number of rotatable bonds is 8. The van der Waals surface area contributed by atoms with Crippen LogP contribution >= 0.6 is 0 Å². The lowest BCUT2D eigenvalue weighted by Crippen LogP contribution is -2.46. The highest BCUT2D eigenvalue weighted by Crippen LogP contribution is 2.30. The zero-order valence-corrected chi connectivity index (χ0v) is 13.0. The molecule has 1 rings (SSSR count). The Morgan fingerprint density at radius 2 is 1.80 bits per heavy atom. The van der Waals surface area contributed by atoms with Crippen molar-refractivity contribution in [3.05, 3.63) is 35.9 Å². The molecule has 0 saturated carbocycles. The van der Waals surface area contributed by atoms with Crippen LogP contribution in [-0.2, 0) is 10.2 Å². The van der Waals surface area contributed by atoms with E-state index in [9.17, 15) is 4.79 Å². The largest absolute Gasteiger partial charge is 0.354 e. The van der Waals surface area contributed by atoms with E-state index in [-0.39, 0.29) is 17.4 Å². The standard InChI is InChI=1S/C17H28N2O/c1-4-10-15(18)16(20)19-13-17(5-2,6-3)14-11-8-7-9-12-14/h7-9,11-12,15H,4-6,10,13,18H2,1-3H3,(H,19,20). The van der Waals surface area contributed by atoms with Crippen LogP contribution in [0.2, 0.25) is 0 Å². The molecule has 3 N–H and O–H groups in total. The van der Waals surface area contributed by atoms with Crippen molar-refractivity contribution in [3.8, 4) is 0 Å². The quantitative estimate of drug-likeness (QED) is 0.767. The second kappa shape index (κ2) is 8.05. The Bertz CT molecular complexity index is 399. The molecule has 0 bridgehead atoms. The van der Waals surface area contributed by atoms with Crippen molar-refractivity contribution in [2.24, 2.45) is 5.73 Å². The Labute approximate surface area is 122 Å². The van der Waals surface area contributed by atoms with E-state index in [2.05, 4.69) is 43.4 Å². The number of nitrogens with one attached hydrogen (secondary N) is 1. The molecule has 3 heteroatoms. The molecule has 0 saturated heterocycles. The topological polar surface area (TPSA) is 55.1 Å². The minimum absolute atomic E-state index is 0.00283. The van der Waals surface area contributed by atoms with Gasteiger partial charge in [-0.25, -0.2) is 0 Å². The molecule has 1 aromatic rings. The van der Waals surface area contributed by atoms with Crippen LogP contribution in [0.25, 0.3) is 0 Å². The smallest absolute Gasteiger partial charge is 0.236 e. The summed E-state index contributed by atoms with van der Waals surface area (Å²) in [6.07, 6.45) is 3.66. The molecule has 0 spiro atoms. The molecule has 112 valence electrons. The van der Waals surface area contributed by atoms with E-state index in [0.29, 0.717) is 6.54 Å². The summed E-state index contributed by atoms with van der Waals surface area (Å²) in [6.45, 7) is 7.04. The number of benzene rings is 1. The van der Waals surface area contributed by atoms with E-state index in [4.69, 9.17) is 5.73 Å². The lowest BCUT2D eigenvalue weighted by molar-refractivity contribution is -0.122. The van der Waals surface area contributed by atoms with Crippen molar-refractivity contribution in [1.29, 1.82) is 0 Å².